The fourth-order valence-corrected chi connectivity index (χ4v) is 2.41. The summed E-state index contributed by atoms with van der Waals surface area (Å²) in [6, 6.07) is 2.78. The third-order valence-corrected chi connectivity index (χ3v) is 3.31. The van der Waals surface area contributed by atoms with Gasteiger partial charge in [0.1, 0.15) is 0 Å². The SMILES string of the molecule is CN(CCN)Cc1ccn(C2CCCC2)n1. The second-order valence-corrected chi connectivity index (χ2v) is 4.75. The maximum atomic E-state index is 5.52. The Morgan fingerprint density at radius 2 is 2.25 bits per heavy atom. The largest absolute Gasteiger partial charge is 0.329 e. The Kier molecular flexibility index (Phi) is 3.96. The molecule has 0 amide bonds. The predicted octanol–water partition coefficient (Wildman–Crippen LogP) is 1.39. The summed E-state index contributed by atoms with van der Waals surface area (Å²) >= 11 is 0. The smallest absolute Gasteiger partial charge is 0.0764 e. The van der Waals surface area contributed by atoms with Crippen molar-refractivity contribution in [2.75, 3.05) is 20.1 Å². The Bertz CT molecular complexity index is 315. The molecule has 1 saturated carbocycles. The molecular formula is C12H22N4. The molecule has 0 atom stereocenters. The minimum absolute atomic E-state index is 0.647. The van der Waals surface area contributed by atoms with E-state index in [2.05, 4.69) is 34.0 Å². The maximum absolute atomic E-state index is 5.52. The number of hydrogen-bond donors (Lipinski definition) is 1. The van der Waals surface area contributed by atoms with Crippen molar-refractivity contribution in [2.45, 2.75) is 38.3 Å². The fraction of sp³-hybridized carbons (Fsp3) is 0.750. The van der Waals surface area contributed by atoms with Crippen LogP contribution >= 0.6 is 0 Å². The molecule has 0 spiro atoms. The first-order valence-corrected chi connectivity index (χ1v) is 6.22. The van der Waals surface area contributed by atoms with Crippen molar-refractivity contribution >= 4 is 0 Å². The van der Waals surface area contributed by atoms with Crippen LogP contribution in [-0.4, -0.2) is 34.8 Å². The number of hydrogen-bond acceptors (Lipinski definition) is 3. The van der Waals surface area contributed by atoms with E-state index < -0.39 is 0 Å². The molecule has 0 radical (unpaired) electrons. The first-order valence-electron chi connectivity index (χ1n) is 6.22. The third-order valence-electron chi connectivity index (χ3n) is 3.31. The van der Waals surface area contributed by atoms with Crippen LogP contribution in [-0.2, 0) is 6.54 Å². The zero-order valence-electron chi connectivity index (χ0n) is 10.1. The average molecular weight is 222 g/mol. The van der Waals surface area contributed by atoms with Gasteiger partial charge in [0.05, 0.1) is 11.7 Å². The first-order chi connectivity index (χ1) is 7.79. The van der Waals surface area contributed by atoms with E-state index in [0.717, 1.165) is 18.8 Å². The van der Waals surface area contributed by atoms with Gasteiger partial charge in [0.15, 0.2) is 0 Å². The van der Waals surface area contributed by atoms with Gasteiger partial charge in [-0.2, -0.15) is 5.10 Å². The third kappa shape index (κ3) is 2.83. The molecule has 4 heteroatoms. The number of nitrogens with two attached hydrogens (primary N) is 1. The van der Waals surface area contributed by atoms with Crippen molar-refractivity contribution in [1.82, 2.24) is 14.7 Å². The van der Waals surface area contributed by atoms with Crippen LogP contribution in [0.3, 0.4) is 0 Å². The zero-order valence-corrected chi connectivity index (χ0v) is 10.1. The molecule has 90 valence electrons. The van der Waals surface area contributed by atoms with Crippen molar-refractivity contribution in [3.05, 3.63) is 18.0 Å². The van der Waals surface area contributed by atoms with Gasteiger partial charge >= 0.3 is 0 Å². The van der Waals surface area contributed by atoms with E-state index >= 15 is 0 Å². The van der Waals surface area contributed by atoms with E-state index in [-0.39, 0.29) is 0 Å². The van der Waals surface area contributed by atoms with Crippen LogP contribution in [0.25, 0.3) is 0 Å². The summed E-state index contributed by atoms with van der Waals surface area (Å²) < 4.78 is 2.15. The van der Waals surface area contributed by atoms with Crippen molar-refractivity contribution in [3.63, 3.8) is 0 Å². The molecule has 1 aromatic rings. The van der Waals surface area contributed by atoms with Gasteiger partial charge in [0.25, 0.3) is 0 Å². The molecule has 1 fully saturated rings. The quantitative estimate of drug-likeness (QED) is 0.819. The summed E-state index contributed by atoms with van der Waals surface area (Å²) in [5, 5.41) is 4.65. The molecule has 1 aromatic heterocycles. The van der Waals surface area contributed by atoms with Crippen LogP contribution in [0, 0.1) is 0 Å². The van der Waals surface area contributed by atoms with Crippen molar-refractivity contribution in [3.8, 4) is 0 Å². The lowest BCUT2D eigenvalue weighted by Crippen LogP contribution is -2.25. The van der Waals surface area contributed by atoms with Gasteiger partial charge in [0, 0.05) is 25.8 Å². The van der Waals surface area contributed by atoms with Crippen molar-refractivity contribution in [2.24, 2.45) is 5.73 Å². The fourth-order valence-electron chi connectivity index (χ4n) is 2.41. The van der Waals surface area contributed by atoms with Crippen molar-refractivity contribution < 1.29 is 0 Å². The van der Waals surface area contributed by atoms with Gasteiger partial charge in [-0.3, -0.25) is 9.58 Å². The molecule has 16 heavy (non-hydrogen) atoms. The highest BCUT2D eigenvalue weighted by molar-refractivity contribution is 5.00. The molecule has 2 N–H and O–H groups in total. The molecule has 1 aliphatic rings. The molecule has 0 aromatic carbocycles. The van der Waals surface area contributed by atoms with Gasteiger partial charge in [-0.05, 0) is 26.0 Å². The number of rotatable bonds is 5. The predicted molar refractivity (Wildman–Crippen MR) is 65.1 cm³/mol. The minimum Gasteiger partial charge on any atom is -0.329 e. The van der Waals surface area contributed by atoms with Crippen LogP contribution in [0.2, 0.25) is 0 Å². The molecule has 1 aliphatic carbocycles. The summed E-state index contributed by atoms with van der Waals surface area (Å²) in [6.07, 6.45) is 7.42. The molecule has 0 bridgehead atoms. The average Bonchev–Trinajstić information content (AvgIpc) is 2.86. The minimum atomic E-state index is 0.647. The summed E-state index contributed by atoms with van der Waals surface area (Å²) in [5.74, 6) is 0. The Morgan fingerprint density at radius 1 is 1.50 bits per heavy atom. The van der Waals surface area contributed by atoms with Crippen LogP contribution in [0.15, 0.2) is 12.3 Å². The highest BCUT2D eigenvalue weighted by Gasteiger charge is 2.17. The molecule has 0 saturated heterocycles. The maximum Gasteiger partial charge on any atom is 0.0764 e. The standard InChI is InChI=1S/C12H22N4/c1-15(9-7-13)10-11-6-8-16(14-11)12-4-2-3-5-12/h6,8,12H,2-5,7,9-10,13H2,1H3. The van der Waals surface area contributed by atoms with Crippen LogP contribution in [0.4, 0.5) is 0 Å². The second kappa shape index (κ2) is 5.46. The molecule has 1 heterocycles. The lowest BCUT2D eigenvalue weighted by molar-refractivity contribution is 0.328. The lowest BCUT2D eigenvalue weighted by atomic mass is 10.3. The number of likely N-dealkylation sites (N-methyl/N-ethyl adjacent to an activating group) is 1. The van der Waals surface area contributed by atoms with Crippen LogP contribution in [0.5, 0.6) is 0 Å². The molecular weight excluding hydrogens is 200 g/mol. The number of aromatic nitrogens is 2. The highest BCUT2D eigenvalue weighted by Crippen LogP contribution is 2.28. The van der Waals surface area contributed by atoms with Crippen molar-refractivity contribution in [1.29, 1.82) is 0 Å². The van der Waals surface area contributed by atoms with E-state index in [9.17, 15) is 0 Å². The normalized spacial score (nSPS) is 17.4. The molecule has 4 nitrogen and oxygen atoms in total. The van der Waals surface area contributed by atoms with E-state index in [4.69, 9.17) is 5.73 Å². The summed E-state index contributed by atoms with van der Waals surface area (Å²) in [6.45, 7) is 2.53. The molecule has 0 unspecified atom stereocenters. The van der Waals surface area contributed by atoms with E-state index in [1.807, 2.05) is 0 Å². The molecule has 0 aliphatic heterocycles. The van der Waals surface area contributed by atoms with Crippen LogP contribution in [0.1, 0.15) is 37.4 Å². The monoisotopic (exact) mass is 222 g/mol. The summed E-state index contributed by atoms with van der Waals surface area (Å²) in [5.41, 5.74) is 6.68. The number of nitrogens with zero attached hydrogens (tertiary/aromatic N) is 3. The van der Waals surface area contributed by atoms with Gasteiger partial charge in [-0.1, -0.05) is 12.8 Å². The van der Waals surface area contributed by atoms with E-state index in [1.54, 1.807) is 0 Å². The van der Waals surface area contributed by atoms with Gasteiger partial charge in [0.2, 0.25) is 0 Å². The van der Waals surface area contributed by atoms with E-state index in [1.165, 1.54) is 25.7 Å². The lowest BCUT2D eigenvalue weighted by Gasteiger charge is -2.13. The summed E-state index contributed by atoms with van der Waals surface area (Å²) in [4.78, 5) is 2.21. The Balaban J connectivity index is 1.91. The molecule has 2 rings (SSSR count). The first kappa shape index (κ1) is 11.6. The van der Waals surface area contributed by atoms with Gasteiger partial charge in [-0.25, -0.2) is 0 Å². The van der Waals surface area contributed by atoms with E-state index in [0.29, 0.717) is 12.6 Å². The van der Waals surface area contributed by atoms with Gasteiger partial charge < -0.3 is 5.73 Å². The topological polar surface area (TPSA) is 47.1 Å². The Labute approximate surface area is 97.4 Å². The highest BCUT2D eigenvalue weighted by atomic mass is 15.3. The Morgan fingerprint density at radius 3 is 2.94 bits per heavy atom. The summed E-state index contributed by atoms with van der Waals surface area (Å²) in [7, 11) is 2.08. The second-order valence-electron chi connectivity index (χ2n) is 4.75. The Hall–Kier alpha value is -0.870. The van der Waals surface area contributed by atoms with Crippen LogP contribution < -0.4 is 5.73 Å². The zero-order chi connectivity index (χ0) is 11.4. The van der Waals surface area contributed by atoms with Gasteiger partial charge in [-0.15, -0.1) is 0 Å².